The molecule has 4 heteroatoms. The minimum Gasteiger partial charge on any atom is -0.478 e. The fourth-order valence-electron chi connectivity index (χ4n) is 2.95. The Morgan fingerprint density at radius 2 is 1.96 bits per heavy atom. The predicted octanol–water partition coefficient (Wildman–Crippen LogP) is 4.11. The van der Waals surface area contributed by atoms with E-state index >= 15 is 0 Å². The second-order valence-electron chi connectivity index (χ2n) is 7.52. The number of aromatic carboxylic acids is 1. The Hall–Kier alpha value is -1.81. The van der Waals surface area contributed by atoms with Crippen LogP contribution >= 0.6 is 0 Å². The molecule has 2 rings (SSSR count). The van der Waals surface area contributed by atoms with Crippen molar-refractivity contribution >= 4 is 16.9 Å². The van der Waals surface area contributed by atoms with Gasteiger partial charge in [0.25, 0.3) is 0 Å². The van der Waals surface area contributed by atoms with Crippen molar-refractivity contribution in [2.75, 3.05) is 6.54 Å². The van der Waals surface area contributed by atoms with E-state index < -0.39 is 5.97 Å². The van der Waals surface area contributed by atoms with E-state index in [2.05, 4.69) is 51.4 Å². The molecule has 126 valence electrons. The maximum atomic E-state index is 11.9. The summed E-state index contributed by atoms with van der Waals surface area (Å²) in [6.07, 6.45) is 3.88. The van der Waals surface area contributed by atoms with Gasteiger partial charge in [-0.15, -0.1) is 0 Å². The maximum Gasteiger partial charge on any atom is 0.337 e. The van der Waals surface area contributed by atoms with Crippen LogP contribution in [0.4, 0.5) is 0 Å². The van der Waals surface area contributed by atoms with Crippen molar-refractivity contribution in [1.82, 2.24) is 4.57 Å². The van der Waals surface area contributed by atoms with Gasteiger partial charge in [-0.25, -0.2) is 4.79 Å². The highest BCUT2D eigenvalue weighted by Crippen LogP contribution is 2.34. The van der Waals surface area contributed by atoms with Gasteiger partial charge in [-0.05, 0) is 61.9 Å². The van der Waals surface area contributed by atoms with E-state index in [-0.39, 0.29) is 11.5 Å². The summed E-state index contributed by atoms with van der Waals surface area (Å²) in [5.41, 5.74) is 9.03. The second kappa shape index (κ2) is 6.36. The Morgan fingerprint density at radius 3 is 2.43 bits per heavy atom. The Kier molecular flexibility index (Phi) is 4.85. The molecule has 0 bridgehead atoms. The van der Waals surface area contributed by atoms with E-state index in [0.717, 1.165) is 29.3 Å². The van der Waals surface area contributed by atoms with E-state index in [0.29, 0.717) is 12.1 Å². The van der Waals surface area contributed by atoms with Crippen molar-refractivity contribution in [2.45, 2.75) is 58.9 Å². The summed E-state index contributed by atoms with van der Waals surface area (Å²) < 4.78 is 2.08. The van der Waals surface area contributed by atoms with Gasteiger partial charge in [0.05, 0.1) is 11.1 Å². The van der Waals surface area contributed by atoms with E-state index in [4.69, 9.17) is 5.73 Å². The number of hydrogen-bond acceptors (Lipinski definition) is 2. The first-order chi connectivity index (χ1) is 10.7. The number of carbonyl (C=O) groups is 1. The molecule has 1 aromatic carbocycles. The molecule has 2 aromatic rings. The molecule has 1 aromatic heterocycles. The third-order valence-corrected chi connectivity index (χ3v) is 4.31. The monoisotopic (exact) mass is 316 g/mol. The third-order valence-electron chi connectivity index (χ3n) is 4.31. The number of benzene rings is 1. The molecule has 0 radical (unpaired) electrons. The fraction of sp³-hybridized carbons (Fsp3) is 0.526. The zero-order valence-corrected chi connectivity index (χ0v) is 14.8. The fourth-order valence-corrected chi connectivity index (χ4v) is 2.95. The number of carboxylic acids is 1. The summed E-state index contributed by atoms with van der Waals surface area (Å²) in [6, 6.07) is 4.20. The molecule has 0 atom stereocenters. The summed E-state index contributed by atoms with van der Waals surface area (Å²) in [6.45, 7) is 11.1. The molecule has 0 aliphatic carbocycles. The van der Waals surface area contributed by atoms with Crippen LogP contribution in [0.25, 0.3) is 10.9 Å². The van der Waals surface area contributed by atoms with Gasteiger partial charge in [0.15, 0.2) is 0 Å². The van der Waals surface area contributed by atoms with Crippen LogP contribution in [0.5, 0.6) is 0 Å². The number of nitrogens with zero attached hydrogens (tertiary/aromatic N) is 1. The Balaban J connectivity index is 2.83. The first kappa shape index (κ1) is 17.5. The SMILES string of the molecule is CC(C)n1cc(CCCN)c2cc(C(C)(C)C)cc(C(=O)O)c21. The van der Waals surface area contributed by atoms with Gasteiger partial charge < -0.3 is 15.4 Å². The number of hydrogen-bond donors (Lipinski definition) is 2. The molecule has 0 amide bonds. The maximum absolute atomic E-state index is 11.9. The molecule has 0 aliphatic rings. The van der Waals surface area contributed by atoms with Crippen LogP contribution in [0.2, 0.25) is 0 Å². The lowest BCUT2D eigenvalue weighted by Crippen LogP contribution is -2.13. The largest absolute Gasteiger partial charge is 0.478 e. The first-order valence-electron chi connectivity index (χ1n) is 8.28. The zero-order valence-electron chi connectivity index (χ0n) is 14.8. The average molecular weight is 316 g/mol. The Morgan fingerprint density at radius 1 is 1.30 bits per heavy atom. The van der Waals surface area contributed by atoms with Crippen molar-refractivity contribution in [1.29, 1.82) is 0 Å². The van der Waals surface area contributed by atoms with Gasteiger partial charge in [0, 0.05) is 17.6 Å². The quantitative estimate of drug-likeness (QED) is 0.872. The number of nitrogens with two attached hydrogens (primary N) is 1. The summed E-state index contributed by atoms with van der Waals surface area (Å²) in [5, 5.41) is 10.8. The van der Waals surface area contributed by atoms with E-state index in [1.54, 1.807) is 0 Å². The zero-order chi connectivity index (χ0) is 17.4. The predicted molar refractivity (Wildman–Crippen MR) is 95.4 cm³/mol. The van der Waals surface area contributed by atoms with Crippen LogP contribution in [-0.2, 0) is 11.8 Å². The molecule has 23 heavy (non-hydrogen) atoms. The van der Waals surface area contributed by atoms with Crippen molar-refractivity contribution < 1.29 is 9.90 Å². The van der Waals surface area contributed by atoms with Crippen LogP contribution in [0.1, 0.15) is 68.6 Å². The topological polar surface area (TPSA) is 68.2 Å². The lowest BCUT2D eigenvalue weighted by molar-refractivity contribution is 0.0698. The minimum absolute atomic E-state index is 0.0938. The van der Waals surface area contributed by atoms with Gasteiger partial charge in [-0.2, -0.15) is 0 Å². The number of fused-ring (bicyclic) bond motifs is 1. The number of carboxylic acid groups (broad SMARTS) is 1. The number of aromatic nitrogens is 1. The molecular weight excluding hydrogens is 288 g/mol. The molecule has 0 aliphatic heterocycles. The van der Waals surface area contributed by atoms with Gasteiger partial charge >= 0.3 is 5.97 Å². The molecule has 1 heterocycles. The molecule has 0 spiro atoms. The lowest BCUT2D eigenvalue weighted by atomic mass is 9.84. The highest BCUT2D eigenvalue weighted by Gasteiger charge is 2.23. The van der Waals surface area contributed by atoms with Gasteiger partial charge in [-0.3, -0.25) is 0 Å². The average Bonchev–Trinajstić information content (AvgIpc) is 2.82. The Bertz CT molecular complexity index is 721. The molecule has 0 fully saturated rings. The minimum atomic E-state index is -0.869. The molecule has 3 N–H and O–H groups in total. The molecule has 4 nitrogen and oxygen atoms in total. The summed E-state index contributed by atoms with van der Waals surface area (Å²) in [4.78, 5) is 11.9. The molecule has 0 unspecified atom stereocenters. The van der Waals surface area contributed by atoms with Gasteiger partial charge in [0.2, 0.25) is 0 Å². The Labute approximate surface area is 138 Å². The summed E-state index contributed by atoms with van der Waals surface area (Å²) >= 11 is 0. The second-order valence-corrected chi connectivity index (χ2v) is 7.52. The number of aryl methyl sites for hydroxylation is 1. The van der Waals surface area contributed by atoms with Crippen LogP contribution in [-0.4, -0.2) is 22.2 Å². The van der Waals surface area contributed by atoms with Gasteiger partial charge in [-0.1, -0.05) is 20.8 Å². The van der Waals surface area contributed by atoms with Crippen molar-refractivity contribution in [2.24, 2.45) is 5.73 Å². The molecular formula is C19H28N2O2. The molecule has 0 saturated heterocycles. The van der Waals surface area contributed by atoms with Crippen molar-refractivity contribution in [3.05, 3.63) is 35.0 Å². The van der Waals surface area contributed by atoms with Crippen LogP contribution in [0.15, 0.2) is 18.3 Å². The highest BCUT2D eigenvalue weighted by molar-refractivity contribution is 6.04. The summed E-state index contributed by atoms with van der Waals surface area (Å²) in [5.74, 6) is -0.869. The van der Waals surface area contributed by atoms with Gasteiger partial charge in [0.1, 0.15) is 0 Å². The highest BCUT2D eigenvalue weighted by atomic mass is 16.4. The van der Waals surface area contributed by atoms with Crippen molar-refractivity contribution in [3.8, 4) is 0 Å². The smallest absolute Gasteiger partial charge is 0.337 e. The lowest BCUT2D eigenvalue weighted by Gasteiger charge is -2.21. The van der Waals surface area contributed by atoms with Crippen LogP contribution < -0.4 is 5.73 Å². The summed E-state index contributed by atoms with van der Waals surface area (Å²) in [7, 11) is 0. The normalized spacial score (nSPS) is 12.3. The van der Waals surface area contributed by atoms with Crippen LogP contribution in [0, 0.1) is 0 Å². The first-order valence-corrected chi connectivity index (χ1v) is 8.28. The van der Waals surface area contributed by atoms with E-state index in [1.807, 2.05) is 6.07 Å². The van der Waals surface area contributed by atoms with Crippen LogP contribution in [0.3, 0.4) is 0 Å². The standard InChI is InChI=1S/C19H28N2O2/c1-12(2)21-11-13(7-6-8-20)15-9-14(19(3,4)5)10-16(17(15)21)18(22)23/h9-12H,6-8,20H2,1-5H3,(H,22,23). The van der Waals surface area contributed by atoms with E-state index in [1.165, 1.54) is 5.56 Å². The van der Waals surface area contributed by atoms with E-state index in [9.17, 15) is 9.90 Å². The van der Waals surface area contributed by atoms with Crippen molar-refractivity contribution in [3.63, 3.8) is 0 Å². The third kappa shape index (κ3) is 3.42. The molecule has 0 saturated carbocycles. The number of rotatable bonds is 5.